The standard InChI is InChI=1S/C17H21NS/c1-3-12-6-4-8-14(10-12)17(18-2)16-11-13-7-5-9-15(13)19-16/h4,6,8,10-11,17-18H,3,5,7,9H2,1-2H3. The molecule has 1 N–H and O–H groups in total. The van der Waals surface area contributed by atoms with Crippen LogP contribution in [0.15, 0.2) is 30.3 Å². The van der Waals surface area contributed by atoms with E-state index < -0.39 is 0 Å². The summed E-state index contributed by atoms with van der Waals surface area (Å²) in [5, 5.41) is 3.49. The van der Waals surface area contributed by atoms with Crippen LogP contribution in [0, 0.1) is 0 Å². The molecule has 1 aliphatic rings. The van der Waals surface area contributed by atoms with Crippen LogP contribution in [-0.2, 0) is 19.3 Å². The minimum Gasteiger partial charge on any atom is -0.309 e. The van der Waals surface area contributed by atoms with Crippen LogP contribution in [0.2, 0.25) is 0 Å². The van der Waals surface area contributed by atoms with E-state index >= 15 is 0 Å². The molecule has 19 heavy (non-hydrogen) atoms. The van der Waals surface area contributed by atoms with Crippen LogP contribution in [0.1, 0.15) is 45.8 Å². The van der Waals surface area contributed by atoms with Crippen molar-refractivity contribution in [3.8, 4) is 0 Å². The lowest BCUT2D eigenvalue weighted by atomic mass is 10.0. The minimum absolute atomic E-state index is 0.349. The van der Waals surface area contributed by atoms with Gasteiger partial charge < -0.3 is 5.32 Å². The number of hydrogen-bond acceptors (Lipinski definition) is 2. The highest BCUT2D eigenvalue weighted by atomic mass is 32.1. The fourth-order valence-electron chi connectivity index (χ4n) is 2.96. The predicted octanol–water partition coefficient (Wildman–Crippen LogP) is 4.11. The van der Waals surface area contributed by atoms with Crippen LogP contribution in [0.25, 0.3) is 0 Å². The SMILES string of the molecule is CCc1cccc(C(NC)c2cc3c(s2)CCC3)c1. The van der Waals surface area contributed by atoms with Gasteiger partial charge in [0.05, 0.1) is 6.04 Å². The molecular weight excluding hydrogens is 250 g/mol. The van der Waals surface area contributed by atoms with E-state index in [1.807, 2.05) is 11.3 Å². The number of hydrogen-bond donors (Lipinski definition) is 1. The number of fused-ring (bicyclic) bond motifs is 1. The third kappa shape index (κ3) is 2.47. The van der Waals surface area contributed by atoms with Crippen molar-refractivity contribution >= 4 is 11.3 Å². The molecule has 0 aliphatic heterocycles. The number of thiophene rings is 1. The quantitative estimate of drug-likeness (QED) is 0.882. The van der Waals surface area contributed by atoms with E-state index in [9.17, 15) is 0 Å². The van der Waals surface area contributed by atoms with Crippen molar-refractivity contribution in [3.05, 3.63) is 56.8 Å². The Hall–Kier alpha value is -1.12. The van der Waals surface area contributed by atoms with Gasteiger partial charge >= 0.3 is 0 Å². The largest absolute Gasteiger partial charge is 0.309 e. The summed E-state index contributed by atoms with van der Waals surface area (Å²) in [5.41, 5.74) is 4.40. The fraction of sp³-hybridized carbons (Fsp3) is 0.412. The fourth-order valence-corrected chi connectivity index (χ4v) is 4.36. The second-order valence-corrected chi connectivity index (χ2v) is 6.44. The zero-order valence-electron chi connectivity index (χ0n) is 11.7. The highest BCUT2D eigenvalue weighted by molar-refractivity contribution is 7.12. The molecule has 2 aromatic rings. The molecule has 1 heterocycles. The predicted molar refractivity (Wildman–Crippen MR) is 83.1 cm³/mol. The van der Waals surface area contributed by atoms with Crippen molar-refractivity contribution in [1.82, 2.24) is 5.32 Å². The maximum atomic E-state index is 3.49. The van der Waals surface area contributed by atoms with E-state index in [1.165, 1.54) is 35.3 Å². The van der Waals surface area contributed by atoms with Gasteiger partial charge in [0, 0.05) is 9.75 Å². The molecule has 0 amide bonds. The summed E-state index contributed by atoms with van der Waals surface area (Å²) in [4.78, 5) is 3.09. The van der Waals surface area contributed by atoms with Gasteiger partial charge in [-0.2, -0.15) is 0 Å². The molecule has 1 aromatic carbocycles. The first-order chi connectivity index (χ1) is 9.31. The molecule has 1 atom stereocenters. The summed E-state index contributed by atoms with van der Waals surface area (Å²) in [7, 11) is 2.06. The van der Waals surface area contributed by atoms with Gasteiger partial charge in [-0.3, -0.25) is 0 Å². The molecule has 0 saturated carbocycles. The Bertz CT molecular complexity index is 549. The van der Waals surface area contributed by atoms with E-state index in [4.69, 9.17) is 0 Å². The molecule has 0 radical (unpaired) electrons. The van der Waals surface area contributed by atoms with Gasteiger partial charge in [-0.05, 0) is 55.5 Å². The van der Waals surface area contributed by atoms with E-state index in [0.29, 0.717) is 6.04 Å². The van der Waals surface area contributed by atoms with Gasteiger partial charge in [0.1, 0.15) is 0 Å². The Labute approximate surface area is 119 Å². The molecular formula is C17H21NS. The third-order valence-corrected chi connectivity index (χ3v) is 5.33. The first-order valence-corrected chi connectivity index (χ1v) is 8.01. The summed E-state index contributed by atoms with van der Waals surface area (Å²) in [6.07, 6.45) is 5.00. The number of rotatable bonds is 4. The van der Waals surface area contributed by atoms with Crippen molar-refractivity contribution in [3.63, 3.8) is 0 Å². The van der Waals surface area contributed by atoms with Gasteiger partial charge in [0.2, 0.25) is 0 Å². The topological polar surface area (TPSA) is 12.0 Å². The Morgan fingerprint density at radius 1 is 1.26 bits per heavy atom. The van der Waals surface area contributed by atoms with Crippen molar-refractivity contribution in [1.29, 1.82) is 0 Å². The average Bonchev–Trinajstić information content (AvgIpc) is 3.01. The molecule has 1 unspecified atom stereocenters. The van der Waals surface area contributed by atoms with Gasteiger partial charge in [-0.15, -0.1) is 11.3 Å². The lowest BCUT2D eigenvalue weighted by Gasteiger charge is -2.16. The second kappa shape index (κ2) is 5.48. The Morgan fingerprint density at radius 2 is 2.16 bits per heavy atom. The van der Waals surface area contributed by atoms with E-state index in [0.717, 1.165) is 6.42 Å². The van der Waals surface area contributed by atoms with Gasteiger partial charge in [0.15, 0.2) is 0 Å². The summed E-state index contributed by atoms with van der Waals surface area (Å²) in [5.74, 6) is 0. The molecule has 1 nitrogen and oxygen atoms in total. The van der Waals surface area contributed by atoms with Crippen molar-refractivity contribution in [2.45, 2.75) is 38.6 Å². The molecule has 0 fully saturated rings. The molecule has 0 bridgehead atoms. The molecule has 2 heteroatoms. The summed E-state index contributed by atoms with van der Waals surface area (Å²) < 4.78 is 0. The van der Waals surface area contributed by atoms with Crippen LogP contribution in [0.4, 0.5) is 0 Å². The molecule has 3 rings (SSSR count). The van der Waals surface area contributed by atoms with Crippen LogP contribution in [0.5, 0.6) is 0 Å². The van der Waals surface area contributed by atoms with Crippen LogP contribution >= 0.6 is 11.3 Å². The average molecular weight is 271 g/mol. The zero-order chi connectivity index (χ0) is 13.2. The molecule has 0 spiro atoms. The highest BCUT2D eigenvalue weighted by Gasteiger charge is 2.20. The Kier molecular flexibility index (Phi) is 3.72. The summed E-state index contributed by atoms with van der Waals surface area (Å²) in [6.45, 7) is 2.22. The van der Waals surface area contributed by atoms with E-state index in [-0.39, 0.29) is 0 Å². The molecule has 0 saturated heterocycles. The molecule has 100 valence electrons. The first-order valence-electron chi connectivity index (χ1n) is 7.19. The monoisotopic (exact) mass is 271 g/mol. The molecule has 1 aromatic heterocycles. The van der Waals surface area contributed by atoms with Gasteiger partial charge in [-0.1, -0.05) is 31.2 Å². The number of aryl methyl sites for hydroxylation is 3. The van der Waals surface area contributed by atoms with Crippen LogP contribution < -0.4 is 5.32 Å². The van der Waals surface area contributed by atoms with E-state index in [1.54, 1.807) is 10.4 Å². The van der Waals surface area contributed by atoms with Crippen molar-refractivity contribution in [2.24, 2.45) is 0 Å². The highest BCUT2D eigenvalue weighted by Crippen LogP contribution is 2.36. The van der Waals surface area contributed by atoms with Crippen LogP contribution in [0.3, 0.4) is 0 Å². The lowest BCUT2D eigenvalue weighted by molar-refractivity contribution is 0.702. The lowest BCUT2D eigenvalue weighted by Crippen LogP contribution is -2.16. The smallest absolute Gasteiger partial charge is 0.0668 e. The van der Waals surface area contributed by atoms with E-state index in [2.05, 4.69) is 49.6 Å². The molecule has 1 aliphatic carbocycles. The second-order valence-electron chi connectivity index (χ2n) is 5.27. The first kappa shape index (κ1) is 12.9. The Balaban J connectivity index is 1.94. The number of benzene rings is 1. The minimum atomic E-state index is 0.349. The number of nitrogens with one attached hydrogen (secondary N) is 1. The van der Waals surface area contributed by atoms with Gasteiger partial charge in [-0.25, -0.2) is 0 Å². The summed E-state index contributed by atoms with van der Waals surface area (Å²) >= 11 is 2.00. The maximum Gasteiger partial charge on any atom is 0.0668 e. The zero-order valence-corrected chi connectivity index (χ0v) is 12.5. The van der Waals surface area contributed by atoms with Crippen molar-refractivity contribution < 1.29 is 0 Å². The summed E-state index contributed by atoms with van der Waals surface area (Å²) in [6, 6.07) is 11.7. The maximum absolute atomic E-state index is 3.49. The van der Waals surface area contributed by atoms with Crippen LogP contribution in [-0.4, -0.2) is 7.05 Å². The van der Waals surface area contributed by atoms with Crippen molar-refractivity contribution in [2.75, 3.05) is 7.05 Å². The third-order valence-electron chi connectivity index (χ3n) is 4.03. The normalized spacial score (nSPS) is 15.5. The Morgan fingerprint density at radius 3 is 2.89 bits per heavy atom. The van der Waals surface area contributed by atoms with Gasteiger partial charge in [0.25, 0.3) is 0 Å².